The van der Waals surface area contributed by atoms with Crippen LogP contribution in [0, 0.1) is 0 Å². The molecular weight excluding hydrogens is 450 g/mol. The van der Waals surface area contributed by atoms with Gasteiger partial charge in [0.2, 0.25) is 11.9 Å². The number of aryl methyl sites for hydroxylation is 1. The van der Waals surface area contributed by atoms with E-state index in [2.05, 4.69) is 32.2 Å². The summed E-state index contributed by atoms with van der Waals surface area (Å²) < 4.78 is 7.50. The van der Waals surface area contributed by atoms with E-state index in [1.165, 1.54) is 6.08 Å². The van der Waals surface area contributed by atoms with Gasteiger partial charge in [-0.3, -0.25) is 14.3 Å². The van der Waals surface area contributed by atoms with E-state index >= 15 is 0 Å². The Balaban J connectivity index is 1.60. The fraction of sp³-hybridized carbons (Fsp3) is 0.304. The molecule has 12 heteroatoms. The van der Waals surface area contributed by atoms with Crippen molar-refractivity contribution in [1.82, 2.24) is 29.9 Å². The normalized spacial score (nSPS) is 15.0. The molecule has 4 rings (SSSR count). The van der Waals surface area contributed by atoms with Gasteiger partial charge in [-0.2, -0.15) is 10.1 Å². The molecule has 3 aromatic rings. The predicted molar refractivity (Wildman–Crippen MR) is 129 cm³/mol. The van der Waals surface area contributed by atoms with Gasteiger partial charge in [0.05, 0.1) is 24.5 Å². The van der Waals surface area contributed by atoms with Crippen molar-refractivity contribution in [2.45, 2.75) is 12.5 Å². The maximum absolute atomic E-state index is 12.1. The van der Waals surface area contributed by atoms with E-state index in [1.54, 1.807) is 29.0 Å². The SMILES string of the molecule is C=CC(=O)N1CC[C@@H](N(CCOc2ccccc2)c2nnc(C(N)=O)c(Nc3cnn(C)c3)n2)C1. The van der Waals surface area contributed by atoms with Gasteiger partial charge in [-0.25, -0.2) is 0 Å². The number of anilines is 3. The Bertz CT molecular complexity index is 1200. The number of hydrogen-bond donors (Lipinski definition) is 2. The molecule has 35 heavy (non-hydrogen) atoms. The van der Waals surface area contributed by atoms with E-state index < -0.39 is 5.91 Å². The van der Waals surface area contributed by atoms with Crippen LogP contribution in [-0.2, 0) is 11.8 Å². The van der Waals surface area contributed by atoms with Crippen molar-refractivity contribution in [2.75, 3.05) is 36.5 Å². The Hall–Kier alpha value is -4.48. The molecule has 2 aromatic heterocycles. The highest BCUT2D eigenvalue weighted by Crippen LogP contribution is 2.24. The average Bonchev–Trinajstić information content (AvgIpc) is 3.51. The monoisotopic (exact) mass is 477 g/mol. The van der Waals surface area contributed by atoms with Crippen LogP contribution in [0.25, 0.3) is 0 Å². The van der Waals surface area contributed by atoms with Crippen LogP contribution in [0.3, 0.4) is 0 Å². The van der Waals surface area contributed by atoms with Gasteiger partial charge in [0.25, 0.3) is 5.91 Å². The summed E-state index contributed by atoms with van der Waals surface area (Å²) in [6.07, 6.45) is 5.33. The van der Waals surface area contributed by atoms with Crippen molar-refractivity contribution in [2.24, 2.45) is 12.8 Å². The van der Waals surface area contributed by atoms with E-state index in [9.17, 15) is 9.59 Å². The number of aromatic nitrogens is 5. The molecule has 1 saturated heterocycles. The number of carbonyl (C=O) groups excluding carboxylic acids is 2. The number of nitrogens with zero attached hydrogens (tertiary/aromatic N) is 7. The standard InChI is InChI=1S/C23H27N9O3/c1-3-19(33)31-10-9-17(15-31)32(11-12-35-18-7-5-4-6-8-18)23-27-22(20(21(24)34)28-29-23)26-16-13-25-30(2)14-16/h3-8,13-14,17H,1,9-12,15H2,2H3,(H2,24,34)(H,26,27,29)/t17-/m1/s1. The minimum atomic E-state index is -0.759. The van der Waals surface area contributed by atoms with Crippen LogP contribution >= 0.6 is 0 Å². The summed E-state index contributed by atoms with van der Waals surface area (Å²) in [5, 5.41) is 15.4. The number of para-hydroxylation sites is 1. The number of ether oxygens (including phenoxy) is 1. The molecule has 0 unspecified atom stereocenters. The number of carbonyl (C=O) groups is 2. The van der Waals surface area contributed by atoms with Gasteiger partial charge in [-0.15, -0.1) is 10.2 Å². The summed E-state index contributed by atoms with van der Waals surface area (Å²) in [5.41, 5.74) is 6.03. The zero-order valence-corrected chi connectivity index (χ0v) is 19.4. The van der Waals surface area contributed by atoms with Gasteiger partial charge in [0, 0.05) is 26.3 Å². The maximum Gasteiger partial charge on any atom is 0.273 e. The van der Waals surface area contributed by atoms with E-state index in [-0.39, 0.29) is 29.4 Å². The number of primary amides is 1. The highest BCUT2D eigenvalue weighted by molar-refractivity contribution is 5.96. The third-order valence-corrected chi connectivity index (χ3v) is 5.57. The van der Waals surface area contributed by atoms with E-state index in [0.717, 1.165) is 5.75 Å². The summed E-state index contributed by atoms with van der Waals surface area (Å²) in [5.74, 6) is 0.308. The van der Waals surface area contributed by atoms with Crippen molar-refractivity contribution in [3.05, 3.63) is 61.1 Å². The number of hydrogen-bond acceptors (Lipinski definition) is 9. The van der Waals surface area contributed by atoms with Gasteiger partial charge in [0.15, 0.2) is 11.5 Å². The van der Waals surface area contributed by atoms with Crippen LogP contribution in [0.2, 0.25) is 0 Å². The number of likely N-dealkylation sites (tertiary alicyclic amines) is 1. The molecule has 1 aliphatic heterocycles. The quantitative estimate of drug-likeness (QED) is 0.410. The van der Waals surface area contributed by atoms with Crippen molar-refractivity contribution in [1.29, 1.82) is 0 Å². The number of rotatable bonds is 10. The molecule has 0 spiro atoms. The second kappa shape index (κ2) is 10.6. The molecule has 182 valence electrons. The molecule has 1 fully saturated rings. The third-order valence-electron chi connectivity index (χ3n) is 5.57. The van der Waals surface area contributed by atoms with Crippen molar-refractivity contribution in [3.63, 3.8) is 0 Å². The Kier molecular flexibility index (Phi) is 7.19. The van der Waals surface area contributed by atoms with Crippen LogP contribution < -0.4 is 20.7 Å². The van der Waals surface area contributed by atoms with Crippen molar-refractivity contribution >= 4 is 29.3 Å². The van der Waals surface area contributed by atoms with E-state index in [1.807, 2.05) is 35.2 Å². The zero-order chi connectivity index (χ0) is 24.8. The van der Waals surface area contributed by atoms with Gasteiger partial charge >= 0.3 is 0 Å². The van der Waals surface area contributed by atoms with E-state index in [4.69, 9.17) is 10.5 Å². The molecule has 0 saturated carbocycles. The fourth-order valence-electron chi connectivity index (χ4n) is 3.86. The first-order valence-corrected chi connectivity index (χ1v) is 11.1. The highest BCUT2D eigenvalue weighted by Gasteiger charge is 2.32. The number of nitrogens with two attached hydrogens (primary N) is 1. The number of amides is 2. The van der Waals surface area contributed by atoms with Gasteiger partial charge in [-0.1, -0.05) is 24.8 Å². The minimum absolute atomic E-state index is 0.0780. The smallest absolute Gasteiger partial charge is 0.273 e. The Labute approximate surface area is 202 Å². The Morgan fingerprint density at radius 3 is 2.80 bits per heavy atom. The maximum atomic E-state index is 12.1. The van der Waals surface area contributed by atoms with Crippen LogP contribution in [0.4, 0.5) is 17.5 Å². The third kappa shape index (κ3) is 5.72. The lowest BCUT2D eigenvalue weighted by molar-refractivity contribution is -0.125. The summed E-state index contributed by atoms with van der Waals surface area (Å²) in [6.45, 7) is 5.41. The summed E-state index contributed by atoms with van der Waals surface area (Å²) in [6, 6.07) is 9.38. The summed E-state index contributed by atoms with van der Waals surface area (Å²) in [7, 11) is 1.77. The van der Waals surface area contributed by atoms with Crippen LogP contribution in [0.15, 0.2) is 55.4 Å². The summed E-state index contributed by atoms with van der Waals surface area (Å²) >= 11 is 0. The topological polar surface area (TPSA) is 144 Å². The molecule has 2 amide bonds. The molecule has 1 aliphatic rings. The highest BCUT2D eigenvalue weighted by atomic mass is 16.5. The first kappa shape index (κ1) is 23.7. The van der Waals surface area contributed by atoms with E-state index in [0.29, 0.717) is 38.3 Å². The van der Waals surface area contributed by atoms with Crippen molar-refractivity contribution < 1.29 is 14.3 Å². The van der Waals surface area contributed by atoms with Gasteiger partial charge in [-0.05, 0) is 24.6 Å². The lowest BCUT2D eigenvalue weighted by Crippen LogP contribution is -2.42. The average molecular weight is 478 g/mol. The second-order valence-corrected chi connectivity index (χ2v) is 7.99. The van der Waals surface area contributed by atoms with Gasteiger partial charge in [0.1, 0.15) is 12.4 Å². The largest absolute Gasteiger partial charge is 0.492 e. The van der Waals surface area contributed by atoms with Gasteiger partial charge < -0.3 is 25.6 Å². The molecule has 3 heterocycles. The Morgan fingerprint density at radius 1 is 1.31 bits per heavy atom. The molecule has 0 bridgehead atoms. The number of benzene rings is 1. The zero-order valence-electron chi connectivity index (χ0n) is 19.4. The summed E-state index contributed by atoms with van der Waals surface area (Å²) in [4.78, 5) is 32.4. The van der Waals surface area contributed by atoms with Crippen LogP contribution in [-0.4, -0.2) is 74.0 Å². The Morgan fingerprint density at radius 2 is 2.11 bits per heavy atom. The molecule has 1 atom stereocenters. The molecule has 0 aliphatic carbocycles. The second-order valence-electron chi connectivity index (χ2n) is 7.99. The van der Waals surface area contributed by atoms with Crippen molar-refractivity contribution in [3.8, 4) is 5.75 Å². The molecular formula is C23H27N9O3. The molecule has 1 aromatic carbocycles. The van der Waals surface area contributed by atoms with Crippen LogP contribution in [0.1, 0.15) is 16.9 Å². The minimum Gasteiger partial charge on any atom is -0.492 e. The fourth-order valence-corrected chi connectivity index (χ4v) is 3.86. The molecule has 0 radical (unpaired) electrons. The molecule has 12 nitrogen and oxygen atoms in total. The lowest BCUT2D eigenvalue weighted by atomic mass is 10.2. The van der Waals surface area contributed by atoms with Crippen LogP contribution in [0.5, 0.6) is 5.75 Å². The first-order chi connectivity index (χ1) is 16.9. The molecule has 3 N–H and O–H groups in total. The first-order valence-electron chi connectivity index (χ1n) is 11.1. The lowest BCUT2D eigenvalue weighted by Gasteiger charge is -2.29. The number of nitrogens with one attached hydrogen (secondary N) is 1. The predicted octanol–water partition coefficient (Wildman–Crippen LogP) is 1.12.